The van der Waals surface area contributed by atoms with Crippen molar-refractivity contribution >= 4 is 38.6 Å². The smallest absolute Gasteiger partial charge is 0.255 e. The van der Waals surface area contributed by atoms with Gasteiger partial charge in [0.2, 0.25) is 0 Å². The number of hydrogen-bond donors (Lipinski definition) is 1. The molecule has 0 aliphatic carbocycles. The van der Waals surface area contributed by atoms with Crippen LogP contribution in [0.3, 0.4) is 0 Å². The SMILES string of the molecule is CC(C)c1ccc2oc(Cc3ccc(NC(=O)c4cccc(Br)c4)cc3)nc2c1. The van der Waals surface area contributed by atoms with Crippen LogP contribution in [0.4, 0.5) is 5.69 Å². The van der Waals surface area contributed by atoms with Crippen LogP contribution in [-0.2, 0) is 6.42 Å². The van der Waals surface area contributed by atoms with Crippen molar-refractivity contribution in [1.82, 2.24) is 4.98 Å². The standard InChI is InChI=1S/C24H21BrN2O2/c1-15(2)17-8-11-22-21(14-17)27-23(29-22)12-16-6-9-20(10-7-16)26-24(28)18-4-3-5-19(25)13-18/h3-11,13-15H,12H2,1-2H3,(H,26,28). The van der Waals surface area contributed by atoms with Crippen LogP contribution in [0.2, 0.25) is 0 Å². The van der Waals surface area contributed by atoms with Crippen molar-refractivity contribution in [3.05, 3.63) is 93.8 Å². The quantitative estimate of drug-likeness (QED) is 0.376. The van der Waals surface area contributed by atoms with Crippen LogP contribution in [-0.4, -0.2) is 10.9 Å². The van der Waals surface area contributed by atoms with Gasteiger partial charge < -0.3 is 9.73 Å². The molecule has 0 spiro atoms. The van der Waals surface area contributed by atoms with Gasteiger partial charge in [-0.05, 0) is 59.5 Å². The second-order valence-corrected chi connectivity index (χ2v) is 8.24. The van der Waals surface area contributed by atoms with E-state index in [1.54, 1.807) is 12.1 Å². The van der Waals surface area contributed by atoms with Crippen molar-refractivity contribution in [3.8, 4) is 0 Å². The first-order chi connectivity index (χ1) is 14.0. The highest BCUT2D eigenvalue weighted by Gasteiger charge is 2.10. The van der Waals surface area contributed by atoms with Crippen LogP contribution in [0.1, 0.15) is 47.1 Å². The molecule has 5 heteroatoms. The van der Waals surface area contributed by atoms with E-state index in [0.717, 1.165) is 26.8 Å². The molecule has 4 rings (SSSR count). The van der Waals surface area contributed by atoms with Crippen molar-refractivity contribution in [3.63, 3.8) is 0 Å². The predicted octanol–water partition coefficient (Wildman–Crippen LogP) is 6.56. The number of anilines is 1. The molecule has 0 radical (unpaired) electrons. The molecule has 146 valence electrons. The average molecular weight is 449 g/mol. The molecule has 0 bridgehead atoms. The Morgan fingerprint density at radius 2 is 1.86 bits per heavy atom. The zero-order valence-electron chi connectivity index (χ0n) is 16.3. The summed E-state index contributed by atoms with van der Waals surface area (Å²) in [6.45, 7) is 4.33. The molecule has 3 aromatic carbocycles. The van der Waals surface area contributed by atoms with Crippen LogP contribution in [0.5, 0.6) is 0 Å². The first-order valence-electron chi connectivity index (χ1n) is 9.53. The summed E-state index contributed by atoms with van der Waals surface area (Å²) in [4.78, 5) is 17.0. The molecule has 0 atom stereocenters. The molecule has 0 aliphatic heterocycles. The Labute approximate surface area is 178 Å². The third-order valence-corrected chi connectivity index (χ3v) is 5.27. The summed E-state index contributed by atoms with van der Waals surface area (Å²) < 4.78 is 6.76. The summed E-state index contributed by atoms with van der Waals surface area (Å²) in [6.07, 6.45) is 0.603. The highest BCUT2D eigenvalue weighted by molar-refractivity contribution is 9.10. The van der Waals surface area contributed by atoms with Gasteiger partial charge in [-0.15, -0.1) is 0 Å². The largest absolute Gasteiger partial charge is 0.440 e. The van der Waals surface area contributed by atoms with Gasteiger partial charge in [-0.3, -0.25) is 4.79 Å². The van der Waals surface area contributed by atoms with Crippen LogP contribution < -0.4 is 5.32 Å². The Morgan fingerprint density at radius 3 is 2.59 bits per heavy atom. The van der Waals surface area contributed by atoms with Crippen LogP contribution in [0.25, 0.3) is 11.1 Å². The summed E-state index contributed by atoms with van der Waals surface area (Å²) >= 11 is 3.39. The Bertz CT molecular complexity index is 1160. The predicted molar refractivity (Wildman–Crippen MR) is 119 cm³/mol. The second kappa shape index (κ2) is 8.21. The Kier molecular flexibility index (Phi) is 5.49. The number of fused-ring (bicyclic) bond motifs is 1. The lowest BCUT2D eigenvalue weighted by Gasteiger charge is -2.06. The summed E-state index contributed by atoms with van der Waals surface area (Å²) in [5, 5.41) is 2.92. The van der Waals surface area contributed by atoms with Crippen molar-refractivity contribution in [2.45, 2.75) is 26.2 Å². The van der Waals surface area contributed by atoms with E-state index in [1.165, 1.54) is 5.56 Å². The van der Waals surface area contributed by atoms with E-state index in [0.29, 0.717) is 23.8 Å². The number of nitrogens with one attached hydrogen (secondary N) is 1. The molecule has 0 unspecified atom stereocenters. The highest BCUT2D eigenvalue weighted by Crippen LogP contribution is 2.23. The maximum absolute atomic E-state index is 12.4. The molecule has 1 heterocycles. The summed E-state index contributed by atoms with van der Waals surface area (Å²) in [7, 11) is 0. The van der Waals surface area contributed by atoms with Crippen molar-refractivity contribution in [2.75, 3.05) is 5.32 Å². The normalized spacial score (nSPS) is 11.2. The van der Waals surface area contributed by atoms with Gasteiger partial charge in [0.05, 0.1) is 0 Å². The summed E-state index contributed by atoms with van der Waals surface area (Å²) in [5.41, 5.74) is 5.38. The minimum atomic E-state index is -0.140. The fraction of sp³-hybridized carbons (Fsp3) is 0.167. The molecular formula is C24H21BrN2O2. The average Bonchev–Trinajstić information content (AvgIpc) is 3.10. The van der Waals surface area contributed by atoms with Gasteiger partial charge in [0.25, 0.3) is 5.91 Å². The van der Waals surface area contributed by atoms with Crippen molar-refractivity contribution in [1.29, 1.82) is 0 Å². The van der Waals surface area contributed by atoms with E-state index in [1.807, 2.05) is 42.5 Å². The molecule has 1 N–H and O–H groups in total. The highest BCUT2D eigenvalue weighted by atomic mass is 79.9. The molecule has 0 aliphatic rings. The minimum Gasteiger partial charge on any atom is -0.440 e. The molecule has 0 saturated carbocycles. The minimum absolute atomic E-state index is 0.140. The third kappa shape index (κ3) is 4.57. The van der Waals surface area contributed by atoms with E-state index in [-0.39, 0.29) is 5.91 Å². The first-order valence-corrected chi connectivity index (χ1v) is 10.3. The van der Waals surface area contributed by atoms with E-state index in [4.69, 9.17) is 4.42 Å². The van der Waals surface area contributed by atoms with Crippen LogP contribution in [0.15, 0.2) is 75.6 Å². The molecule has 4 aromatic rings. The van der Waals surface area contributed by atoms with Crippen molar-refractivity contribution in [2.24, 2.45) is 0 Å². The number of carbonyl (C=O) groups excluding carboxylic acids is 1. The monoisotopic (exact) mass is 448 g/mol. The lowest BCUT2D eigenvalue weighted by atomic mass is 10.0. The maximum atomic E-state index is 12.4. The molecule has 29 heavy (non-hydrogen) atoms. The van der Waals surface area contributed by atoms with E-state index in [2.05, 4.69) is 52.2 Å². The first kappa shape index (κ1) is 19.4. The molecule has 1 amide bonds. The van der Waals surface area contributed by atoms with Gasteiger partial charge in [-0.25, -0.2) is 4.98 Å². The lowest BCUT2D eigenvalue weighted by molar-refractivity contribution is 0.102. The van der Waals surface area contributed by atoms with E-state index >= 15 is 0 Å². The fourth-order valence-electron chi connectivity index (χ4n) is 3.14. The number of carbonyl (C=O) groups is 1. The van der Waals surface area contributed by atoms with Gasteiger partial charge in [0.1, 0.15) is 5.52 Å². The summed E-state index contributed by atoms with van der Waals surface area (Å²) in [5.74, 6) is 1.00. The van der Waals surface area contributed by atoms with Gasteiger partial charge in [-0.2, -0.15) is 0 Å². The number of hydrogen-bond acceptors (Lipinski definition) is 3. The van der Waals surface area contributed by atoms with E-state index in [9.17, 15) is 4.79 Å². The molecule has 1 aromatic heterocycles. The van der Waals surface area contributed by atoms with Crippen LogP contribution >= 0.6 is 15.9 Å². The van der Waals surface area contributed by atoms with Gasteiger partial charge in [0, 0.05) is 22.1 Å². The lowest BCUT2D eigenvalue weighted by Crippen LogP contribution is -2.11. The Morgan fingerprint density at radius 1 is 1.07 bits per heavy atom. The third-order valence-electron chi connectivity index (χ3n) is 4.78. The summed E-state index contributed by atoms with van der Waals surface area (Å²) in [6, 6.07) is 21.2. The molecule has 0 saturated heterocycles. The van der Waals surface area contributed by atoms with E-state index < -0.39 is 0 Å². The Hall–Kier alpha value is -2.92. The number of benzene rings is 3. The number of amides is 1. The molecule has 4 nitrogen and oxygen atoms in total. The van der Waals surface area contributed by atoms with Gasteiger partial charge in [0.15, 0.2) is 11.5 Å². The number of nitrogens with zero attached hydrogens (tertiary/aromatic N) is 1. The van der Waals surface area contributed by atoms with Crippen molar-refractivity contribution < 1.29 is 9.21 Å². The Balaban J connectivity index is 1.45. The number of oxazole rings is 1. The zero-order valence-corrected chi connectivity index (χ0v) is 17.9. The topological polar surface area (TPSA) is 55.1 Å². The number of rotatable bonds is 5. The van der Waals surface area contributed by atoms with Crippen LogP contribution in [0, 0.1) is 0 Å². The zero-order chi connectivity index (χ0) is 20.4. The second-order valence-electron chi connectivity index (χ2n) is 7.33. The number of aromatic nitrogens is 1. The maximum Gasteiger partial charge on any atom is 0.255 e. The molecule has 0 fully saturated rings. The molecular weight excluding hydrogens is 428 g/mol. The number of halogens is 1. The van der Waals surface area contributed by atoms with Gasteiger partial charge >= 0.3 is 0 Å². The van der Waals surface area contributed by atoms with Gasteiger partial charge in [-0.1, -0.05) is 54.0 Å². The fourth-order valence-corrected chi connectivity index (χ4v) is 3.54.